The van der Waals surface area contributed by atoms with Gasteiger partial charge in [0.1, 0.15) is 0 Å². The maximum Gasteiger partial charge on any atom is 0.0449 e. The monoisotopic (exact) mass is 352 g/mol. The van der Waals surface area contributed by atoms with E-state index in [0.29, 0.717) is 0 Å². The van der Waals surface area contributed by atoms with Crippen LogP contribution in [0.4, 0.5) is 0 Å². The Morgan fingerprint density at radius 3 is 2.40 bits per heavy atom. The van der Waals surface area contributed by atoms with Crippen molar-refractivity contribution >= 4 is 27.5 Å². The highest BCUT2D eigenvalue weighted by Crippen LogP contribution is 2.26. The van der Waals surface area contributed by atoms with Crippen molar-refractivity contribution in [3.05, 3.63) is 62.3 Å². The molecule has 1 heterocycles. The summed E-state index contributed by atoms with van der Waals surface area (Å²) in [6, 6.07) is 10.5. The second-order valence-corrected chi connectivity index (χ2v) is 6.29. The number of likely N-dealkylation sites (N-methyl/N-ethyl adjacent to an activating group) is 1. The van der Waals surface area contributed by atoms with E-state index >= 15 is 0 Å². The number of rotatable bonds is 4. The van der Waals surface area contributed by atoms with Gasteiger partial charge >= 0.3 is 0 Å². The van der Waals surface area contributed by atoms with Crippen molar-refractivity contribution in [2.24, 2.45) is 0 Å². The van der Waals surface area contributed by atoms with Gasteiger partial charge < -0.3 is 5.32 Å². The van der Waals surface area contributed by atoms with E-state index in [1.54, 1.807) is 0 Å². The molecule has 1 aromatic carbocycles. The molecule has 0 spiro atoms. The first-order chi connectivity index (χ1) is 9.49. The summed E-state index contributed by atoms with van der Waals surface area (Å²) in [6.45, 7) is 4.05. The van der Waals surface area contributed by atoms with Crippen LogP contribution in [-0.4, -0.2) is 12.0 Å². The number of benzene rings is 1. The molecule has 2 rings (SSSR count). The Bertz CT molecular complexity index is 593. The summed E-state index contributed by atoms with van der Waals surface area (Å²) in [4.78, 5) is 4.43. The molecule has 106 valence electrons. The molecule has 1 aromatic heterocycles. The standard InChI is InChI=1S/C16H18BrClN2/c1-10-6-13(7-11(2)20-10)16(19-3)8-12-4-5-14(17)9-15(12)18/h4-7,9,16,19H,8H2,1-3H3. The van der Waals surface area contributed by atoms with Gasteiger partial charge in [-0.25, -0.2) is 0 Å². The Morgan fingerprint density at radius 1 is 1.20 bits per heavy atom. The minimum Gasteiger partial charge on any atom is -0.313 e. The lowest BCUT2D eigenvalue weighted by Crippen LogP contribution is -2.19. The molecule has 0 aliphatic carbocycles. The van der Waals surface area contributed by atoms with E-state index in [-0.39, 0.29) is 6.04 Å². The van der Waals surface area contributed by atoms with Gasteiger partial charge in [0.2, 0.25) is 0 Å². The third-order valence-electron chi connectivity index (χ3n) is 3.29. The molecule has 0 fully saturated rings. The Labute approximate surface area is 133 Å². The van der Waals surface area contributed by atoms with Crippen molar-refractivity contribution < 1.29 is 0 Å². The van der Waals surface area contributed by atoms with Crippen molar-refractivity contribution in [3.63, 3.8) is 0 Å². The van der Waals surface area contributed by atoms with E-state index in [2.05, 4.69) is 44.4 Å². The number of hydrogen-bond acceptors (Lipinski definition) is 2. The van der Waals surface area contributed by atoms with Crippen LogP contribution in [0, 0.1) is 13.8 Å². The summed E-state index contributed by atoms with van der Waals surface area (Å²) in [5, 5.41) is 4.16. The molecule has 20 heavy (non-hydrogen) atoms. The van der Waals surface area contributed by atoms with Crippen LogP contribution in [0.25, 0.3) is 0 Å². The molecule has 1 N–H and O–H groups in total. The van der Waals surface area contributed by atoms with Crippen LogP contribution in [0.2, 0.25) is 5.02 Å². The second kappa shape index (κ2) is 6.70. The van der Waals surface area contributed by atoms with Gasteiger partial charge in [0.25, 0.3) is 0 Å². The molecular weight excluding hydrogens is 336 g/mol. The third-order valence-corrected chi connectivity index (χ3v) is 4.14. The molecule has 2 aromatic rings. The topological polar surface area (TPSA) is 24.9 Å². The largest absolute Gasteiger partial charge is 0.313 e. The lowest BCUT2D eigenvalue weighted by atomic mass is 9.98. The van der Waals surface area contributed by atoms with Crippen molar-refractivity contribution in [2.45, 2.75) is 26.3 Å². The number of aryl methyl sites for hydroxylation is 2. The highest BCUT2D eigenvalue weighted by atomic mass is 79.9. The predicted molar refractivity (Wildman–Crippen MR) is 88.4 cm³/mol. The minimum atomic E-state index is 0.231. The van der Waals surface area contributed by atoms with E-state index < -0.39 is 0 Å². The van der Waals surface area contributed by atoms with Gasteiger partial charge in [0.05, 0.1) is 0 Å². The van der Waals surface area contributed by atoms with Crippen LogP contribution in [-0.2, 0) is 6.42 Å². The summed E-state index contributed by atoms with van der Waals surface area (Å²) in [6.07, 6.45) is 0.853. The summed E-state index contributed by atoms with van der Waals surface area (Å²) < 4.78 is 1.00. The number of halogens is 2. The molecule has 0 saturated heterocycles. The number of hydrogen-bond donors (Lipinski definition) is 1. The zero-order valence-electron chi connectivity index (χ0n) is 11.9. The highest BCUT2D eigenvalue weighted by molar-refractivity contribution is 9.10. The molecule has 0 radical (unpaired) electrons. The molecule has 1 unspecified atom stereocenters. The van der Waals surface area contributed by atoms with Gasteiger partial charge in [-0.3, -0.25) is 4.98 Å². The maximum atomic E-state index is 6.31. The SMILES string of the molecule is CNC(Cc1ccc(Br)cc1Cl)c1cc(C)nc(C)c1. The van der Waals surface area contributed by atoms with Gasteiger partial charge in [-0.15, -0.1) is 0 Å². The summed E-state index contributed by atoms with van der Waals surface area (Å²) in [7, 11) is 1.97. The van der Waals surface area contributed by atoms with Crippen LogP contribution in [0.15, 0.2) is 34.8 Å². The van der Waals surface area contributed by atoms with Gasteiger partial charge in [0, 0.05) is 26.9 Å². The summed E-state index contributed by atoms with van der Waals surface area (Å²) in [5.74, 6) is 0. The number of nitrogens with one attached hydrogen (secondary N) is 1. The first-order valence-electron chi connectivity index (χ1n) is 6.56. The lowest BCUT2D eigenvalue weighted by molar-refractivity contribution is 0.590. The molecule has 4 heteroatoms. The van der Waals surface area contributed by atoms with Crippen LogP contribution in [0.1, 0.15) is 28.6 Å². The molecule has 0 amide bonds. The van der Waals surface area contributed by atoms with E-state index in [0.717, 1.165) is 32.9 Å². The van der Waals surface area contributed by atoms with E-state index in [1.165, 1.54) is 5.56 Å². The van der Waals surface area contributed by atoms with Crippen molar-refractivity contribution in [2.75, 3.05) is 7.05 Å². The molecule has 1 atom stereocenters. The fourth-order valence-corrected chi connectivity index (χ4v) is 3.11. The predicted octanol–water partition coefficient (Wildman–Crippen LogP) is 4.62. The zero-order valence-corrected chi connectivity index (χ0v) is 14.2. The van der Waals surface area contributed by atoms with E-state index in [9.17, 15) is 0 Å². The average molecular weight is 354 g/mol. The highest BCUT2D eigenvalue weighted by Gasteiger charge is 2.13. The van der Waals surface area contributed by atoms with E-state index in [4.69, 9.17) is 11.6 Å². The van der Waals surface area contributed by atoms with Gasteiger partial charge in [-0.05, 0) is 62.7 Å². The number of pyridine rings is 1. The fraction of sp³-hybridized carbons (Fsp3) is 0.312. The Kier molecular flexibility index (Phi) is 5.19. The van der Waals surface area contributed by atoms with E-state index in [1.807, 2.05) is 33.0 Å². The number of nitrogens with zero attached hydrogens (tertiary/aromatic N) is 1. The quantitative estimate of drug-likeness (QED) is 0.867. The molecule has 2 nitrogen and oxygen atoms in total. The molecule has 0 bridgehead atoms. The smallest absolute Gasteiger partial charge is 0.0449 e. The van der Waals surface area contributed by atoms with Crippen molar-refractivity contribution in [1.82, 2.24) is 10.3 Å². The summed E-state index contributed by atoms with van der Waals surface area (Å²) >= 11 is 9.75. The molecule has 0 aliphatic heterocycles. The minimum absolute atomic E-state index is 0.231. The van der Waals surface area contributed by atoms with Crippen molar-refractivity contribution in [1.29, 1.82) is 0 Å². The molecular formula is C16H18BrClN2. The first kappa shape index (κ1) is 15.5. The second-order valence-electron chi connectivity index (χ2n) is 4.96. The lowest BCUT2D eigenvalue weighted by Gasteiger charge is -2.18. The molecule has 0 aliphatic rings. The first-order valence-corrected chi connectivity index (χ1v) is 7.73. The van der Waals surface area contributed by atoms with Crippen molar-refractivity contribution in [3.8, 4) is 0 Å². The third kappa shape index (κ3) is 3.81. The average Bonchev–Trinajstić information content (AvgIpc) is 2.36. The maximum absolute atomic E-state index is 6.31. The van der Waals surface area contributed by atoms with Crippen LogP contribution in [0.5, 0.6) is 0 Å². The van der Waals surface area contributed by atoms with Gasteiger partial charge in [-0.2, -0.15) is 0 Å². The normalized spacial score (nSPS) is 12.4. The molecule has 0 saturated carbocycles. The van der Waals surface area contributed by atoms with Gasteiger partial charge in [-0.1, -0.05) is 33.6 Å². The summed E-state index contributed by atoms with van der Waals surface area (Å²) in [5.41, 5.74) is 4.47. The Balaban J connectivity index is 2.28. The zero-order chi connectivity index (χ0) is 14.7. The van der Waals surface area contributed by atoms with Crippen LogP contribution < -0.4 is 5.32 Å². The van der Waals surface area contributed by atoms with Gasteiger partial charge in [0.15, 0.2) is 0 Å². The Hall–Kier alpha value is -0.900. The Morgan fingerprint density at radius 2 is 1.85 bits per heavy atom. The van der Waals surface area contributed by atoms with Crippen LogP contribution in [0.3, 0.4) is 0 Å². The number of aromatic nitrogens is 1. The fourth-order valence-electron chi connectivity index (χ4n) is 2.36. The van der Waals surface area contributed by atoms with Crippen LogP contribution >= 0.6 is 27.5 Å².